The zero-order valence-electron chi connectivity index (χ0n) is 13.9. The fraction of sp³-hybridized carbons (Fsp3) is 0.167. The molecule has 0 saturated carbocycles. The molecule has 3 aromatic rings. The van der Waals surface area contributed by atoms with Gasteiger partial charge in [-0.15, -0.1) is 0 Å². The Labute approximate surface area is 152 Å². The van der Waals surface area contributed by atoms with E-state index in [9.17, 15) is 23.1 Å². The summed E-state index contributed by atoms with van der Waals surface area (Å²) < 4.78 is 37.7. The summed E-state index contributed by atoms with van der Waals surface area (Å²) in [6.45, 7) is -0.165. The lowest BCUT2D eigenvalue weighted by atomic mass is 10.1. The number of hydrogen-bond acceptors (Lipinski definition) is 4. The number of aromatic amines is 1. The summed E-state index contributed by atoms with van der Waals surface area (Å²) in [5.41, 5.74) is 0.723. The first-order valence-corrected chi connectivity index (χ1v) is 7.95. The van der Waals surface area contributed by atoms with Crippen LogP contribution in [0.3, 0.4) is 0 Å². The summed E-state index contributed by atoms with van der Waals surface area (Å²) >= 11 is 0. The topological polar surface area (TPSA) is 90.9 Å². The van der Waals surface area contributed by atoms with Crippen LogP contribution in [0.25, 0.3) is 11.4 Å². The summed E-state index contributed by atoms with van der Waals surface area (Å²) in [5, 5.41) is 19.2. The highest BCUT2D eigenvalue weighted by Crippen LogP contribution is 2.29. The molecule has 0 aliphatic heterocycles. The molecule has 0 bridgehead atoms. The molecule has 2 heterocycles. The van der Waals surface area contributed by atoms with Gasteiger partial charge in [-0.25, -0.2) is 0 Å². The summed E-state index contributed by atoms with van der Waals surface area (Å²) in [6, 6.07) is 10.9. The minimum atomic E-state index is -4.44. The third-order valence-corrected chi connectivity index (χ3v) is 3.83. The number of halogens is 3. The molecule has 0 fully saturated rings. The predicted molar refractivity (Wildman–Crippen MR) is 90.6 cm³/mol. The third kappa shape index (κ3) is 4.50. The van der Waals surface area contributed by atoms with E-state index in [-0.39, 0.29) is 17.8 Å². The number of H-pyrrole nitrogens is 1. The van der Waals surface area contributed by atoms with Gasteiger partial charge in [0, 0.05) is 12.7 Å². The quantitative estimate of drug-likeness (QED) is 0.639. The largest absolute Gasteiger partial charge is 0.416 e. The van der Waals surface area contributed by atoms with Crippen molar-refractivity contribution in [2.45, 2.75) is 12.3 Å². The van der Waals surface area contributed by atoms with Gasteiger partial charge in [0.15, 0.2) is 0 Å². The second-order valence-electron chi connectivity index (χ2n) is 5.73. The van der Waals surface area contributed by atoms with Crippen molar-refractivity contribution in [1.82, 2.24) is 20.5 Å². The van der Waals surface area contributed by atoms with Crippen molar-refractivity contribution in [3.63, 3.8) is 0 Å². The molecule has 3 N–H and O–H groups in total. The molecule has 0 spiro atoms. The van der Waals surface area contributed by atoms with Crippen LogP contribution in [0.5, 0.6) is 0 Å². The van der Waals surface area contributed by atoms with Gasteiger partial charge in [0.1, 0.15) is 11.4 Å². The van der Waals surface area contributed by atoms with Crippen LogP contribution >= 0.6 is 0 Å². The number of aliphatic hydroxyl groups is 1. The van der Waals surface area contributed by atoms with Gasteiger partial charge < -0.3 is 10.4 Å². The predicted octanol–water partition coefficient (Wildman–Crippen LogP) is 2.95. The minimum absolute atomic E-state index is 0.165. The molecule has 0 aliphatic carbocycles. The number of hydrogen-bond donors (Lipinski definition) is 3. The molecule has 6 nitrogen and oxygen atoms in total. The summed E-state index contributed by atoms with van der Waals surface area (Å²) in [4.78, 5) is 16.3. The molecular formula is C18H15F3N4O2. The lowest BCUT2D eigenvalue weighted by Crippen LogP contribution is -2.28. The van der Waals surface area contributed by atoms with Crippen LogP contribution in [-0.4, -0.2) is 32.7 Å². The maximum Gasteiger partial charge on any atom is 0.416 e. The van der Waals surface area contributed by atoms with Crippen molar-refractivity contribution in [3.05, 3.63) is 71.5 Å². The van der Waals surface area contributed by atoms with Crippen LogP contribution in [0.1, 0.15) is 27.7 Å². The lowest BCUT2D eigenvalue weighted by molar-refractivity contribution is -0.137. The number of pyridine rings is 1. The van der Waals surface area contributed by atoms with Crippen LogP contribution < -0.4 is 5.32 Å². The van der Waals surface area contributed by atoms with Gasteiger partial charge >= 0.3 is 6.18 Å². The van der Waals surface area contributed by atoms with E-state index in [1.54, 1.807) is 24.4 Å². The number of aromatic nitrogens is 3. The maximum atomic E-state index is 12.6. The highest BCUT2D eigenvalue weighted by Gasteiger charge is 2.30. The Hall–Kier alpha value is -3.20. The zero-order chi connectivity index (χ0) is 19.4. The molecule has 140 valence electrons. The van der Waals surface area contributed by atoms with Gasteiger partial charge in [-0.05, 0) is 35.9 Å². The Bertz CT molecular complexity index is 908. The number of carbonyl (C=O) groups is 1. The van der Waals surface area contributed by atoms with E-state index in [0.717, 1.165) is 12.1 Å². The average Bonchev–Trinajstić information content (AvgIpc) is 3.16. The van der Waals surface area contributed by atoms with E-state index >= 15 is 0 Å². The first kappa shape index (κ1) is 18.6. The van der Waals surface area contributed by atoms with Crippen molar-refractivity contribution in [2.75, 3.05) is 6.54 Å². The van der Waals surface area contributed by atoms with Crippen molar-refractivity contribution >= 4 is 5.91 Å². The molecule has 1 amide bonds. The number of aliphatic hydroxyl groups excluding tert-OH is 1. The monoisotopic (exact) mass is 376 g/mol. The Morgan fingerprint density at radius 2 is 1.89 bits per heavy atom. The standard InChI is InChI=1S/C18H15F3N4O2/c19-18(20,21)12-6-4-11(5-7-12)16(26)10-23-17(27)15-9-14(24-25-15)13-3-1-2-8-22-13/h1-9,16,26H,10H2,(H,23,27)(H,24,25). The molecule has 27 heavy (non-hydrogen) atoms. The second-order valence-corrected chi connectivity index (χ2v) is 5.73. The van der Waals surface area contributed by atoms with Gasteiger partial charge in [-0.3, -0.25) is 14.9 Å². The Balaban J connectivity index is 1.60. The van der Waals surface area contributed by atoms with E-state index in [0.29, 0.717) is 11.4 Å². The third-order valence-electron chi connectivity index (χ3n) is 3.83. The first-order chi connectivity index (χ1) is 12.8. The Morgan fingerprint density at radius 3 is 2.52 bits per heavy atom. The Kier molecular flexibility index (Phi) is 5.22. The van der Waals surface area contributed by atoms with Gasteiger partial charge in [0.2, 0.25) is 0 Å². The normalized spacial score (nSPS) is 12.6. The maximum absolute atomic E-state index is 12.6. The summed E-state index contributed by atoms with van der Waals surface area (Å²) in [5.74, 6) is -0.504. The fourth-order valence-electron chi connectivity index (χ4n) is 2.38. The number of nitrogens with one attached hydrogen (secondary N) is 2. The zero-order valence-corrected chi connectivity index (χ0v) is 13.9. The molecule has 0 radical (unpaired) electrons. The van der Waals surface area contributed by atoms with Crippen molar-refractivity contribution in [3.8, 4) is 11.4 Å². The number of benzene rings is 1. The van der Waals surface area contributed by atoms with Crippen LogP contribution in [0.2, 0.25) is 0 Å². The van der Waals surface area contributed by atoms with E-state index in [2.05, 4.69) is 20.5 Å². The van der Waals surface area contributed by atoms with Crippen LogP contribution in [-0.2, 0) is 6.18 Å². The van der Waals surface area contributed by atoms with E-state index < -0.39 is 23.8 Å². The van der Waals surface area contributed by atoms with Crippen molar-refractivity contribution < 1.29 is 23.1 Å². The number of alkyl halides is 3. The van der Waals surface area contributed by atoms with Crippen molar-refractivity contribution in [2.24, 2.45) is 0 Å². The summed E-state index contributed by atoms with van der Waals surface area (Å²) in [7, 11) is 0. The van der Waals surface area contributed by atoms with E-state index in [1.165, 1.54) is 18.2 Å². The van der Waals surface area contributed by atoms with Crippen LogP contribution in [0.4, 0.5) is 13.2 Å². The van der Waals surface area contributed by atoms with Gasteiger partial charge in [-0.2, -0.15) is 18.3 Å². The molecular weight excluding hydrogens is 361 g/mol. The molecule has 3 rings (SSSR count). The minimum Gasteiger partial charge on any atom is -0.387 e. The van der Waals surface area contributed by atoms with Gasteiger partial charge in [-0.1, -0.05) is 18.2 Å². The molecule has 1 aromatic carbocycles. The lowest BCUT2D eigenvalue weighted by Gasteiger charge is -2.13. The number of rotatable bonds is 5. The van der Waals surface area contributed by atoms with Crippen LogP contribution in [0, 0.1) is 0 Å². The molecule has 0 aliphatic rings. The molecule has 9 heteroatoms. The molecule has 2 aromatic heterocycles. The number of carbonyl (C=O) groups excluding carboxylic acids is 1. The Morgan fingerprint density at radius 1 is 1.15 bits per heavy atom. The second kappa shape index (κ2) is 7.58. The first-order valence-electron chi connectivity index (χ1n) is 7.95. The van der Waals surface area contributed by atoms with E-state index in [4.69, 9.17) is 0 Å². The van der Waals surface area contributed by atoms with Crippen LogP contribution in [0.15, 0.2) is 54.7 Å². The van der Waals surface area contributed by atoms with Crippen molar-refractivity contribution in [1.29, 1.82) is 0 Å². The molecule has 1 atom stereocenters. The van der Waals surface area contributed by atoms with Gasteiger partial charge in [0.05, 0.1) is 17.4 Å². The summed E-state index contributed by atoms with van der Waals surface area (Å²) in [6.07, 6.45) is -3.98. The van der Waals surface area contributed by atoms with Gasteiger partial charge in [0.25, 0.3) is 5.91 Å². The smallest absolute Gasteiger partial charge is 0.387 e. The number of nitrogens with zero attached hydrogens (tertiary/aromatic N) is 2. The molecule has 0 saturated heterocycles. The SMILES string of the molecule is O=C(NCC(O)c1ccc(C(F)(F)F)cc1)c1cc(-c2ccccn2)n[nH]1. The highest BCUT2D eigenvalue weighted by molar-refractivity contribution is 5.93. The fourth-order valence-corrected chi connectivity index (χ4v) is 2.38. The van der Waals surface area contributed by atoms with E-state index in [1.807, 2.05) is 0 Å². The molecule has 1 unspecified atom stereocenters. The highest BCUT2D eigenvalue weighted by atomic mass is 19.4. The average molecular weight is 376 g/mol. The number of amides is 1.